The summed E-state index contributed by atoms with van der Waals surface area (Å²) >= 11 is 3.40. The number of rotatable bonds is 4. The zero-order chi connectivity index (χ0) is 15.5. The van der Waals surface area contributed by atoms with Crippen LogP contribution in [0.15, 0.2) is 57.8 Å². The smallest absolute Gasteiger partial charge is 0.261 e. The van der Waals surface area contributed by atoms with Gasteiger partial charge in [0, 0.05) is 4.47 Å². The van der Waals surface area contributed by atoms with Crippen LogP contribution in [0.3, 0.4) is 0 Å². The van der Waals surface area contributed by atoms with Crippen LogP contribution in [0.1, 0.15) is 5.82 Å². The number of benzene rings is 2. The number of nitrogens with zero attached hydrogens (tertiary/aromatic N) is 2. The number of aryl methyl sites for hydroxylation is 1. The zero-order valence-electron chi connectivity index (χ0n) is 12.1. The quantitative estimate of drug-likeness (QED) is 0.716. The largest absolute Gasteiger partial charge is 0.492 e. The Bertz CT molecular complexity index is 874. The van der Waals surface area contributed by atoms with Gasteiger partial charge in [-0.3, -0.25) is 9.36 Å². The summed E-state index contributed by atoms with van der Waals surface area (Å²) in [6, 6.07) is 15.0. The molecule has 0 aliphatic heterocycles. The first-order valence-electron chi connectivity index (χ1n) is 7.00. The Kier molecular flexibility index (Phi) is 4.24. The van der Waals surface area contributed by atoms with Crippen LogP contribution >= 0.6 is 15.9 Å². The van der Waals surface area contributed by atoms with Gasteiger partial charge >= 0.3 is 0 Å². The van der Waals surface area contributed by atoms with E-state index in [0.29, 0.717) is 24.4 Å². The molecule has 0 bridgehead atoms. The van der Waals surface area contributed by atoms with Gasteiger partial charge in [-0.05, 0) is 37.3 Å². The summed E-state index contributed by atoms with van der Waals surface area (Å²) in [4.78, 5) is 17.0. The molecule has 0 aliphatic carbocycles. The molecular formula is C17H15BrN2O2. The molecule has 2 aromatic carbocycles. The first-order valence-corrected chi connectivity index (χ1v) is 7.79. The van der Waals surface area contributed by atoms with Crippen LogP contribution in [0, 0.1) is 6.92 Å². The summed E-state index contributed by atoms with van der Waals surface area (Å²) in [6.45, 7) is 2.72. The molecule has 1 heterocycles. The lowest BCUT2D eigenvalue weighted by Crippen LogP contribution is -2.26. The van der Waals surface area contributed by atoms with Crippen molar-refractivity contribution in [2.45, 2.75) is 13.5 Å². The molecule has 4 nitrogen and oxygen atoms in total. The summed E-state index contributed by atoms with van der Waals surface area (Å²) in [6.07, 6.45) is 0. The average Bonchev–Trinajstić information content (AvgIpc) is 2.51. The van der Waals surface area contributed by atoms with Gasteiger partial charge < -0.3 is 4.74 Å². The van der Waals surface area contributed by atoms with Crippen molar-refractivity contribution in [2.75, 3.05) is 6.61 Å². The molecule has 0 saturated carbocycles. The third-order valence-electron chi connectivity index (χ3n) is 3.43. The maximum absolute atomic E-state index is 12.5. The summed E-state index contributed by atoms with van der Waals surface area (Å²) in [7, 11) is 0. The lowest BCUT2D eigenvalue weighted by Gasteiger charge is -2.12. The van der Waals surface area contributed by atoms with Crippen molar-refractivity contribution in [3.8, 4) is 5.75 Å². The van der Waals surface area contributed by atoms with Crippen molar-refractivity contribution >= 4 is 26.8 Å². The van der Waals surface area contributed by atoms with Crippen LogP contribution in [-0.2, 0) is 6.54 Å². The molecule has 5 heteroatoms. The maximum atomic E-state index is 12.5. The van der Waals surface area contributed by atoms with Gasteiger partial charge in [0.05, 0.1) is 17.4 Å². The summed E-state index contributed by atoms with van der Waals surface area (Å²) < 4.78 is 8.31. The molecule has 3 aromatic rings. The second kappa shape index (κ2) is 6.32. The van der Waals surface area contributed by atoms with Crippen molar-refractivity contribution < 1.29 is 4.74 Å². The number of para-hydroxylation sites is 1. The van der Waals surface area contributed by atoms with E-state index in [-0.39, 0.29) is 5.56 Å². The Morgan fingerprint density at radius 1 is 1.18 bits per heavy atom. The van der Waals surface area contributed by atoms with Gasteiger partial charge in [-0.1, -0.05) is 34.1 Å². The Morgan fingerprint density at radius 3 is 2.82 bits per heavy atom. The van der Waals surface area contributed by atoms with Crippen molar-refractivity contribution in [3.63, 3.8) is 0 Å². The Balaban J connectivity index is 1.81. The van der Waals surface area contributed by atoms with E-state index in [0.717, 1.165) is 15.7 Å². The molecule has 0 aliphatic rings. The lowest BCUT2D eigenvalue weighted by atomic mass is 10.2. The Morgan fingerprint density at radius 2 is 2.00 bits per heavy atom. The zero-order valence-corrected chi connectivity index (χ0v) is 13.7. The molecule has 22 heavy (non-hydrogen) atoms. The molecule has 0 spiro atoms. The van der Waals surface area contributed by atoms with Crippen molar-refractivity contribution in [2.24, 2.45) is 0 Å². The predicted molar refractivity (Wildman–Crippen MR) is 90.4 cm³/mol. The molecule has 3 rings (SSSR count). The second-order valence-electron chi connectivity index (χ2n) is 4.94. The molecule has 112 valence electrons. The highest BCUT2D eigenvalue weighted by Gasteiger charge is 2.07. The molecule has 0 amide bonds. The first-order chi connectivity index (χ1) is 10.6. The number of ether oxygens (including phenoxy) is 1. The van der Waals surface area contributed by atoms with E-state index in [1.165, 1.54) is 0 Å². The minimum absolute atomic E-state index is 0.0269. The molecular weight excluding hydrogens is 344 g/mol. The number of aromatic nitrogens is 2. The van der Waals surface area contributed by atoms with Gasteiger partial charge in [0.1, 0.15) is 18.2 Å². The first kappa shape index (κ1) is 14.8. The van der Waals surface area contributed by atoms with E-state index in [1.807, 2.05) is 49.4 Å². The standard InChI is InChI=1S/C17H15BrN2O2/c1-12-19-16-8-3-2-7-15(16)17(21)20(12)9-10-22-14-6-4-5-13(18)11-14/h2-8,11H,9-10H2,1H3. The van der Waals surface area contributed by atoms with Gasteiger partial charge in [0.15, 0.2) is 0 Å². The van der Waals surface area contributed by atoms with E-state index >= 15 is 0 Å². The van der Waals surface area contributed by atoms with Gasteiger partial charge in [0.2, 0.25) is 0 Å². The lowest BCUT2D eigenvalue weighted by molar-refractivity contribution is 0.294. The van der Waals surface area contributed by atoms with E-state index < -0.39 is 0 Å². The maximum Gasteiger partial charge on any atom is 0.261 e. The molecule has 0 unspecified atom stereocenters. The third kappa shape index (κ3) is 3.04. The number of hydrogen-bond acceptors (Lipinski definition) is 3. The van der Waals surface area contributed by atoms with Gasteiger partial charge in [-0.25, -0.2) is 4.98 Å². The molecule has 0 N–H and O–H groups in total. The molecule has 1 aromatic heterocycles. The van der Waals surface area contributed by atoms with E-state index in [4.69, 9.17) is 4.74 Å². The highest BCUT2D eigenvalue weighted by Crippen LogP contribution is 2.17. The van der Waals surface area contributed by atoms with Gasteiger partial charge in [-0.2, -0.15) is 0 Å². The highest BCUT2D eigenvalue weighted by atomic mass is 79.9. The minimum Gasteiger partial charge on any atom is -0.492 e. The van der Waals surface area contributed by atoms with E-state index in [9.17, 15) is 4.79 Å². The number of halogens is 1. The van der Waals surface area contributed by atoms with Crippen molar-refractivity contribution in [3.05, 3.63) is 69.2 Å². The number of hydrogen-bond donors (Lipinski definition) is 0. The van der Waals surface area contributed by atoms with Crippen LogP contribution in [0.25, 0.3) is 10.9 Å². The van der Waals surface area contributed by atoms with Crippen molar-refractivity contribution in [1.29, 1.82) is 0 Å². The summed E-state index contributed by atoms with van der Waals surface area (Å²) in [5.74, 6) is 1.47. The SMILES string of the molecule is Cc1nc2ccccc2c(=O)n1CCOc1cccc(Br)c1. The fourth-order valence-electron chi connectivity index (χ4n) is 2.35. The third-order valence-corrected chi connectivity index (χ3v) is 3.93. The van der Waals surface area contributed by atoms with Crippen LogP contribution in [-0.4, -0.2) is 16.2 Å². The van der Waals surface area contributed by atoms with Crippen LogP contribution < -0.4 is 10.3 Å². The second-order valence-corrected chi connectivity index (χ2v) is 5.85. The van der Waals surface area contributed by atoms with Crippen LogP contribution in [0.5, 0.6) is 5.75 Å². The predicted octanol–water partition coefficient (Wildman–Crippen LogP) is 3.55. The molecule has 0 radical (unpaired) electrons. The fourth-order valence-corrected chi connectivity index (χ4v) is 2.73. The fraction of sp³-hybridized carbons (Fsp3) is 0.176. The van der Waals surface area contributed by atoms with Gasteiger partial charge in [0.25, 0.3) is 5.56 Å². The van der Waals surface area contributed by atoms with E-state index in [2.05, 4.69) is 20.9 Å². The molecule has 0 saturated heterocycles. The van der Waals surface area contributed by atoms with Gasteiger partial charge in [-0.15, -0.1) is 0 Å². The van der Waals surface area contributed by atoms with Crippen LogP contribution in [0.4, 0.5) is 0 Å². The van der Waals surface area contributed by atoms with Crippen molar-refractivity contribution in [1.82, 2.24) is 9.55 Å². The topological polar surface area (TPSA) is 44.1 Å². The van der Waals surface area contributed by atoms with E-state index in [1.54, 1.807) is 10.6 Å². The van der Waals surface area contributed by atoms with Crippen LogP contribution in [0.2, 0.25) is 0 Å². The normalized spacial score (nSPS) is 10.8. The average molecular weight is 359 g/mol. The summed E-state index contributed by atoms with van der Waals surface area (Å²) in [5, 5.41) is 0.635. The molecule has 0 fully saturated rings. The number of fused-ring (bicyclic) bond motifs is 1. The minimum atomic E-state index is -0.0269. The Labute approximate surface area is 136 Å². The highest BCUT2D eigenvalue weighted by molar-refractivity contribution is 9.10. The Hall–Kier alpha value is -2.14. The summed E-state index contributed by atoms with van der Waals surface area (Å²) in [5.41, 5.74) is 0.704. The monoisotopic (exact) mass is 358 g/mol. The molecule has 0 atom stereocenters.